The van der Waals surface area contributed by atoms with E-state index in [2.05, 4.69) is 65.4 Å². The van der Waals surface area contributed by atoms with E-state index in [0.717, 1.165) is 19.6 Å². The Balaban J connectivity index is 4.08. The number of hydrogen-bond donors (Lipinski definition) is 1. The molecule has 16 heavy (non-hydrogen) atoms. The third-order valence-corrected chi connectivity index (χ3v) is 2.34. The zero-order chi connectivity index (χ0) is 13.0. The van der Waals surface area contributed by atoms with E-state index in [1.165, 1.54) is 5.57 Å². The number of nitrogens with one attached hydrogen (secondary N) is 1. The molecule has 2 heteroatoms. The molecule has 0 bridgehead atoms. The van der Waals surface area contributed by atoms with Gasteiger partial charge in [0.05, 0.1) is 0 Å². The summed E-state index contributed by atoms with van der Waals surface area (Å²) in [7, 11) is 2.16. The first-order valence-electron chi connectivity index (χ1n) is 6.10. The zero-order valence-corrected chi connectivity index (χ0v) is 12.3. The minimum Gasteiger partial charge on any atom is -0.311 e. The zero-order valence-electron chi connectivity index (χ0n) is 12.3. The van der Waals surface area contributed by atoms with E-state index in [9.17, 15) is 0 Å². The van der Waals surface area contributed by atoms with Gasteiger partial charge in [-0.25, -0.2) is 0 Å². The van der Waals surface area contributed by atoms with Crippen LogP contribution in [-0.4, -0.2) is 37.1 Å². The Bertz CT molecular complexity index is 223. The van der Waals surface area contributed by atoms with Crippen molar-refractivity contribution in [3.63, 3.8) is 0 Å². The molecule has 0 aliphatic heterocycles. The Morgan fingerprint density at radius 2 is 1.69 bits per heavy atom. The molecule has 96 valence electrons. The van der Waals surface area contributed by atoms with E-state index in [0.29, 0.717) is 0 Å². The third kappa shape index (κ3) is 8.93. The third-order valence-electron chi connectivity index (χ3n) is 2.34. The maximum absolute atomic E-state index is 3.95. The lowest BCUT2D eigenvalue weighted by atomic mass is 9.91. The summed E-state index contributed by atoms with van der Waals surface area (Å²) in [6.07, 6.45) is 0. The highest BCUT2D eigenvalue weighted by Gasteiger charge is 2.22. The Kier molecular flexibility index (Phi) is 5.71. The van der Waals surface area contributed by atoms with Crippen LogP contribution in [0.25, 0.3) is 0 Å². The van der Waals surface area contributed by atoms with Gasteiger partial charge in [0.15, 0.2) is 0 Å². The topological polar surface area (TPSA) is 15.3 Å². The van der Waals surface area contributed by atoms with Crippen LogP contribution in [-0.2, 0) is 0 Å². The lowest BCUT2D eigenvalue weighted by molar-refractivity contribution is 0.200. The highest BCUT2D eigenvalue weighted by Crippen LogP contribution is 2.17. The molecule has 0 aromatic carbocycles. The van der Waals surface area contributed by atoms with Gasteiger partial charge in [-0.3, -0.25) is 0 Å². The second-order valence-corrected chi connectivity index (χ2v) is 6.90. The number of hydrogen-bond acceptors (Lipinski definition) is 2. The molecular weight excluding hydrogens is 196 g/mol. The monoisotopic (exact) mass is 226 g/mol. The average molecular weight is 226 g/mol. The summed E-state index contributed by atoms with van der Waals surface area (Å²) >= 11 is 0. The van der Waals surface area contributed by atoms with Crippen molar-refractivity contribution in [1.29, 1.82) is 0 Å². The van der Waals surface area contributed by atoms with Crippen LogP contribution in [0.15, 0.2) is 12.2 Å². The molecule has 0 saturated heterocycles. The lowest BCUT2D eigenvalue weighted by Crippen LogP contribution is -2.45. The van der Waals surface area contributed by atoms with Crippen LogP contribution in [0.4, 0.5) is 0 Å². The maximum Gasteiger partial charge on any atom is 0.0184 e. The summed E-state index contributed by atoms with van der Waals surface area (Å²) in [6.45, 7) is 20.4. The number of likely N-dealkylation sites (N-methyl/N-ethyl adjacent to an activating group) is 1. The van der Waals surface area contributed by atoms with Crippen molar-refractivity contribution in [1.82, 2.24) is 10.2 Å². The number of nitrogens with zero attached hydrogens (tertiary/aromatic N) is 1. The van der Waals surface area contributed by atoms with E-state index >= 15 is 0 Å². The first-order valence-corrected chi connectivity index (χ1v) is 6.10. The fourth-order valence-electron chi connectivity index (χ4n) is 1.81. The van der Waals surface area contributed by atoms with E-state index in [1.807, 2.05) is 0 Å². The molecule has 0 fully saturated rings. The molecule has 0 spiro atoms. The molecular formula is C14H30N2. The van der Waals surface area contributed by atoms with Crippen molar-refractivity contribution >= 4 is 0 Å². The van der Waals surface area contributed by atoms with Gasteiger partial charge in [-0.15, -0.1) is 0 Å². The largest absolute Gasteiger partial charge is 0.311 e. The standard InChI is InChI=1S/C14H30N2/c1-12(2)9-16(8)11-14(6,7)10-15-13(3,4)5/h15H,1,9-11H2,2-8H3. The first kappa shape index (κ1) is 15.7. The second kappa shape index (κ2) is 5.83. The summed E-state index contributed by atoms with van der Waals surface area (Å²) in [6, 6.07) is 0. The predicted molar refractivity (Wildman–Crippen MR) is 73.8 cm³/mol. The van der Waals surface area contributed by atoms with Gasteiger partial charge in [-0.2, -0.15) is 0 Å². The normalized spacial score (nSPS) is 13.2. The van der Waals surface area contributed by atoms with E-state index in [-0.39, 0.29) is 11.0 Å². The Labute approximate surface area is 102 Å². The lowest BCUT2D eigenvalue weighted by Gasteiger charge is -2.34. The Morgan fingerprint density at radius 3 is 2.06 bits per heavy atom. The average Bonchev–Trinajstić information content (AvgIpc) is 1.96. The Hall–Kier alpha value is -0.340. The van der Waals surface area contributed by atoms with Crippen LogP contribution in [0.2, 0.25) is 0 Å². The molecule has 0 aliphatic carbocycles. The van der Waals surface area contributed by atoms with E-state index in [1.54, 1.807) is 0 Å². The van der Waals surface area contributed by atoms with Crippen molar-refractivity contribution in [3.8, 4) is 0 Å². The van der Waals surface area contributed by atoms with Gasteiger partial charge in [-0.1, -0.05) is 26.0 Å². The molecule has 0 amide bonds. The molecule has 2 nitrogen and oxygen atoms in total. The van der Waals surface area contributed by atoms with Crippen LogP contribution in [0, 0.1) is 5.41 Å². The van der Waals surface area contributed by atoms with Gasteiger partial charge in [0, 0.05) is 25.2 Å². The minimum absolute atomic E-state index is 0.199. The molecule has 0 unspecified atom stereocenters. The van der Waals surface area contributed by atoms with Gasteiger partial charge < -0.3 is 10.2 Å². The van der Waals surface area contributed by atoms with Gasteiger partial charge in [0.25, 0.3) is 0 Å². The summed E-state index contributed by atoms with van der Waals surface area (Å²) in [5, 5.41) is 3.57. The molecule has 0 atom stereocenters. The van der Waals surface area contributed by atoms with Gasteiger partial charge in [-0.05, 0) is 40.2 Å². The van der Waals surface area contributed by atoms with Gasteiger partial charge in [0.2, 0.25) is 0 Å². The molecule has 0 aromatic rings. The van der Waals surface area contributed by atoms with Gasteiger partial charge >= 0.3 is 0 Å². The SMILES string of the molecule is C=C(C)CN(C)CC(C)(C)CNC(C)(C)C. The van der Waals surface area contributed by atoms with Crippen LogP contribution in [0.1, 0.15) is 41.5 Å². The molecule has 0 radical (unpaired) electrons. The van der Waals surface area contributed by atoms with Crippen molar-refractivity contribution in [2.24, 2.45) is 5.41 Å². The van der Waals surface area contributed by atoms with E-state index < -0.39 is 0 Å². The highest BCUT2D eigenvalue weighted by molar-refractivity contribution is 4.92. The quantitative estimate of drug-likeness (QED) is 0.701. The second-order valence-electron chi connectivity index (χ2n) is 6.90. The van der Waals surface area contributed by atoms with Crippen molar-refractivity contribution in [2.45, 2.75) is 47.1 Å². The fourth-order valence-corrected chi connectivity index (χ4v) is 1.81. The van der Waals surface area contributed by atoms with E-state index in [4.69, 9.17) is 0 Å². The molecule has 0 rings (SSSR count). The van der Waals surface area contributed by atoms with Crippen molar-refractivity contribution in [3.05, 3.63) is 12.2 Å². The van der Waals surface area contributed by atoms with Crippen LogP contribution < -0.4 is 5.32 Å². The van der Waals surface area contributed by atoms with Crippen molar-refractivity contribution < 1.29 is 0 Å². The van der Waals surface area contributed by atoms with Crippen LogP contribution >= 0.6 is 0 Å². The molecule has 0 heterocycles. The fraction of sp³-hybridized carbons (Fsp3) is 0.857. The summed E-state index contributed by atoms with van der Waals surface area (Å²) in [4.78, 5) is 2.34. The first-order chi connectivity index (χ1) is 7.02. The predicted octanol–water partition coefficient (Wildman–Crippen LogP) is 2.91. The van der Waals surface area contributed by atoms with Crippen LogP contribution in [0.5, 0.6) is 0 Å². The maximum atomic E-state index is 3.95. The minimum atomic E-state index is 0.199. The molecule has 0 aromatic heterocycles. The van der Waals surface area contributed by atoms with Crippen LogP contribution in [0.3, 0.4) is 0 Å². The summed E-state index contributed by atoms with van der Waals surface area (Å²) in [5.41, 5.74) is 1.71. The molecule has 0 saturated carbocycles. The smallest absolute Gasteiger partial charge is 0.0184 e. The molecule has 0 aliphatic rings. The van der Waals surface area contributed by atoms with Gasteiger partial charge in [0.1, 0.15) is 0 Å². The Morgan fingerprint density at radius 1 is 1.19 bits per heavy atom. The number of rotatable bonds is 6. The highest BCUT2D eigenvalue weighted by atomic mass is 15.1. The van der Waals surface area contributed by atoms with Crippen molar-refractivity contribution in [2.75, 3.05) is 26.7 Å². The summed E-state index contributed by atoms with van der Waals surface area (Å²) < 4.78 is 0. The summed E-state index contributed by atoms with van der Waals surface area (Å²) in [5.74, 6) is 0. The molecule has 1 N–H and O–H groups in total.